The van der Waals surface area contributed by atoms with E-state index in [2.05, 4.69) is 72.8 Å². The van der Waals surface area contributed by atoms with Gasteiger partial charge in [0.1, 0.15) is 16.9 Å². The summed E-state index contributed by atoms with van der Waals surface area (Å²) in [5.41, 5.74) is 7.33. The molecule has 8 aromatic carbocycles. The number of hydrogen-bond donors (Lipinski definition) is 1. The van der Waals surface area contributed by atoms with E-state index in [1.807, 2.05) is 97.1 Å². The molecule has 52 heavy (non-hydrogen) atoms. The molecule has 0 spiro atoms. The summed E-state index contributed by atoms with van der Waals surface area (Å²) < 4.78 is 6.25. The van der Waals surface area contributed by atoms with Crippen LogP contribution < -0.4 is 0 Å². The molecule has 0 radical (unpaired) electrons. The lowest BCUT2D eigenvalue weighted by Gasteiger charge is -2.16. The van der Waals surface area contributed by atoms with Crippen LogP contribution in [-0.2, 0) is 0 Å². The number of aromatic nitrogens is 3. The summed E-state index contributed by atoms with van der Waals surface area (Å²) in [5, 5.41) is 18.5. The van der Waals surface area contributed by atoms with Gasteiger partial charge in [-0.25, -0.2) is 15.0 Å². The van der Waals surface area contributed by atoms with Crippen LogP contribution in [0.1, 0.15) is 0 Å². The Hall–Kier alpha value is -7.11. The van der Waals surface area contributed by atoms with E-state index >= 15 is 0 Å². The van der Waals surface area contributed by atoms with Crippen molar-refractivity contribution in [3.05, 3.63) is 170 Å². The maximum absolute atomic E-state index is 12.0. The first-order valence-corrected chi connectivity index (χ1v) is 17.3. The zero-order valence-corrected chi connectivity index (χ0v) is 27.9. The highest BCUT2D eigenvalue weighted by atomic mass is 16.3. The second kappa shape index (κ2) is 12.0. The van der Waals surface area contributed by atoms with Gasteiger partial charge in [0.25, 0.3) is 0 Å². The zero-order valence-electron chi connectivity index (χ0n) is 27.9. The van der Waals surface area contributed by atoms with Crippen molar-refractivity contribution >= 4 is 43.5 Å². The van der Waals surface area contributed by atoms with E-state index in [1.54, 1.807) is 0 Å². The van der Waals surface area contributed by atoms with Crippen LogP contribution >= 0.6 is 0 Å². The number of nitrogens with zero attached hydrogens (tertiary/aromatic N) is 3. The Kier molecular flexibility index (Phi) is 6.89. The largest absolute Gasteiger partial charge is 0.507 e. The van der Waals surface area contributed by atoms with Gasteiger partial charge in [-0.05, 0) is 68.6 Å². The lowest BCUT2D eigenvalue weighted by molar-refractivity contribution is 0.478. The molecule has 1 N–H and O–H groups in total. The van der Waals surface area contributed by atoms with Gasteiger partial charge in [-0.3, -0.25) is 0 Å². The third kappa shape index (κ3) is 4.90. The average Bonchev–Trinajstić information content (AvgIpc) is 3.60. The first-order chi connectivity index (χ1) is 25.7. The Bertz CT molecular complexity index is 2970. The van der Waals surface area contributed by atoms with Gasteiger partial charge in [-0.15, -0.1) is 0 Å². The molecule has 0 aliphatic rings. The fourth-order valence-electron chi connectivity index (χ4n) is 7.45. The normalized spacial score (nSPS) is 11.5. The molecule has 0 aliphatic heterocycles. The van der Waals surface area contributed by atoms with Crippen LogP contribution in [0, 0.1) is 0 Å². The zero-order chi connectivity index (χ0) is 34.6. The lowest BCUT2D eigenvalue weighted by Crippen LogP contribution is -2.02. The molecule has 10 rings (SSSR count). The van der Waals surface area contributed by atoms with Crippen LogP contribution in [0.4, 0.5) is 0 Å². The minimum Gasteiger partial charge on any atom is -0.507 e. The van der Waals surface area contributed by atoms with E-state index in [-0.39, 0.29) is 5.75 Å². The molecule has 0 amide bonds. The van der Waals surface area contributed by atoms with Crippen molar-refractivity contribution in [2.75, 3.05) is 0 Å². The van der Waals surface area contributed by atoms with E-state index in [0.29, 0.717) is 28.6 Å². The number of rotatable bonds is 5. The quantitative estimate of drug-likeness (QED) is 0.185. The van der Waals surface area contributed by atoms with Crippen LogP contribution in [0.3, 0.4) is 0 Å². The van der Waals surface area contributed by atoms with E-state index in [4.69, 9.17) is 19.4 Å². The van der Waals surface area contributed by atoms with Crippen molar-refractivity contribution in [1.82, 2.24) is 15.0 Å². The number of aromatic hydroxyl groups is 1. The van der Waals surface area contributed by atoms with E-state index < -0.39 is 0 Å². The van der Waals surface area contributed by atoms with E-state index in [9.17, 15) is 5.11 Å². The number of furan rings is 1. The van der Waals surface area contributed by atoms with Crippen molar-refractivity contribution in [1.29, 1.82) is 0 Å². The maximum Gasteiger partial charge on any atom is 0.164 e. The number of phenols is 1. The first kappa shape index (κ1) is 29.8. The van der Waals surface area contributed by atoms with Crippen LogP contribution in [0.15, 0.2) is 174 Å². The van der Waals surface area contributed by atoms with Crippen LogP contribution in [0.5, 0.6) is 5.75 Å². The Morgan fingerprint density at radius 2 is 0.981 bits per heavy atom. The average molecular weight is 668 g/mol. The fourth-order valence-corrected chi connectivity index (χ4v) is 7.45. The van der Waals surface area contributed by atoms with Gasteiger partial charge in [0.15, 0.2) is 17.5 Å². The molecule has 0 unspecified atom stereocenters. The van der Waals surface area contributed by atoms with Crippen LogP contribution in [0.2, 0.25) is 0 Å². The molecule has 5 heteroatoms. The maximum atomic E-state index is 12.0. The molecule has 2 heterocycles. The highest BCUT2D eigenvalue weighted by Gasteiger charge is 2.22. The summed E-state index contributed by atoms with van der Waals surface area (Å²) in [4.78, 5) is 15.6. The molecule has 0 aliphatic carbocycles. The summed E-state index contributed by atoms with van der Waals surface area (Å²) in [6.07, 6.45) is 0. The van der Waals surface area contributed by atoms with Crippen molar-refractivity contribution in [3.63, 3.8) is 0 Å². The van der Waals surface area contributed by atoms with Gasteiger partial charge in [-0.2, -0.15) is 0 Å². The topological polar surface area (TPSA) is 72.0 Å². The molecule has 244 valence electrons. The number of phenolic OH excluding ortho intramolecular Hbond substituents is 1. The molecular formula is C47H29N3O2. The molecule has 2 aromatic heterocycles. The summed E-state index contributed by atoms with van der Waals surface area (Å²) in [6, 6.07) is 56.9. The number of hydrogen-bond acceptors (Lipinski definition) is 5. The summed E-state index contributed by atoms with van der Waals surface area (Å²) in [6.45, 7) is 0. The first-order valence-electron chi connectivity index (χ1n) is 17.3. The van der Waals surface area contributed by atoms with Gasteiger partial charge >= 0.3 is 0 Å². The third-order valence-electron chi connectivity index (χ3n) is 9.81. The van der Waals surface area contributed by atoms with Gasteiger partial charge in [-0.1, -0.05) is 140 Å². The van der Waals surface area contributed by atoms with Gasteiger partial charge in [0, 0.05) is 33.0 Å². The fraction of sp³-hybridized carbons (Fsp3) is 0. The molecular weight excluding hydrogens is 639 g/mol. The summed E-state index contributed by atoms with van der Waals surface area (Å²) in [7, 11) is 0. The highest BCUT2D eigenvalue weighted by molar-refractivity contribution is 6.14. The minimum absolute atomic E-state index is 0.128. The molecule has 10 aromatic rings. The lowest BCUT2D eigenvalue weighted by atomic mass is 9.91. The predicted octanol–water partition coefficient (Wildman–Crippen LogP) is 12.1. The van der Waals surface area contributed by atoms with Gasteiger partial charge in [0.2, 0.25) is 0 Å². The van der Waals surface area contributed by atoms with Gasteiger partial charge < -0.3 is 9.52 Å². The standard InChI is InChI=1S/C47H29N3O2/c51-40-28-32(34-23-13-25-42-44(34)37-22-11-12-24-41(37)52-42)27-39(43(40)29-14-3-1-4-15-29)47-49-45(30-16-5-2-6-17-30)48-46(50-47)38-26-31-18-7-8-19-33(31)35-20-9-10-21-36(35)38/h1-28,51H. The van der Waals surface area contributed by atoms with Crippen LogP contribution in [0.25, 0.3) is 99.9 Å². The Labute approximate surface area is 299 Å². The molecule has 0 bridgehead atoms. The summed E-state index contributed by atoms with van der Waals surface area (Å²) in [5.74, 6) is 1.69. The monoisotopic (exact) mass is 667 g/mol. The second-order valence-electron chi connectivity index (χ2n) is 12.9. The van der Waals surface area contributed by atoms with Gasteiger partial charge in [0.05, 0.1) is 0 Å². The number of benzene rings is 8. The van der Waals surface area contributed by atoms with Crippen LogP contribution in [-0.4, -0.2) is 20.1 Å². The van der Waals surface area contributed by atoms with Crippen molar-refractivity contribution in [2.45, 2.75) is 0 Å². The Balaban J connectivity index is 1.29. The molecule has 0 fully saturated rings. The third-order valence-corrected chi connectivity index (χ3v) is 9.81. The summed E-state index contributed by atoms with van der Waals surface area (Å²) >= 11 is 0. The predicted molar refractivity (Wildman–Crippen MR) is 211 cm³/mol. The van der Waals surface area contributed by atoms with Crippen molar-refractivity contribution in [3.8, 4) is 62.2 Å². The number of fused-ring (bicyclic) bond motifs is 6. The molecule has 0 saturated heterocycles. The molecule has 5 nitrogen and oxygen atoms in total. The van der Waals surface area contributed by atoms with Crippen molar-refractivity contribution < 1.29 is 9.52 Å². The highest BCUT2D eigenvalue weighted by Crippen LogP contribution is 2.45. The molecule has 0 atom stereocenters. The molecule has 0 saturated carbocycles. The van der Waals surface area contributed by atoms with E-state index in [1.165, 1.54) is 5.39 Å². The smallest absolute Gasteiger partial charge is 0.164 e. The van der Waals surface area contributed by atoms with E-state index in [0.717, 1.165) is 65.9 Å². The SMILES string of the molecule is Oc1cc(-c2cccc3oc4ccccc4c23)cc(-c2nc(-c3ccccc3)nc(-c3cc4ccccc4c4ccccc34)n2)c1-c1ccccc1. The minimum atomic E-state index is 0.128. The van der Waals surface area contributed by atoms with Crippen molar-refractivity contribution in [2.24, 2.45) is 0 Å². The second-order valence-corrected chi connectivity index (χ2v) is 12.9. The Morgan fingerprint density at radius 1 is 0.385 bits per heavy atom. The Morgan fingerprint density at radius 3 is 1.77 bits per heavy atom. The number of para-hydroxylation sites is 1.